The van der Waals surface area contributed by atoms with Crippen LogP contribution in [0, 0.1) is 0 Å². The molecule has 0 radical (unpaired) electrons. The number of hydrogen-bond donors (Lipinski definition) is 1. The fourth-order valence-corrected chi connectivity index (χ4v) is 5.09. The summed E-state index contributed by atoms with van der Waals surface area (Å²) in [7, 11) is -3.44. The lowest BCUT2D eigenvalue weighted by molar-refractivity contribution is 0.248. The summed E-state index contributed by atoms with van der Waals surface area (Å²) in [4.78, 5) is 0.286. The van der Waals surface area contributed by atoms with Gasteiger partial charge in [0, 0.05) is 14.5 Å². The lowest BCUT2D eigenvalue weighted by atomic mass is 9.80. The molecule has 94 valence electrons. The third-order valence-electron chi connectivity index (χ3n) is 3.02. The van der Waals surface area contributed by atoms with Crippen molar-refractivity contribution in [1.82, 2.24) is 4.72 Å². The van der Waals surface area contributed by atoms with Crippen molar-refractivity contribution < 1.29 is 8.42 Å². The Bertz CT molecular complexity index is 538. The maximum atomic E-state index is 12.2. The molecule has 1 aliphatic carbocycles. The van der Waals surface area contributed by atoms with Crippen LogP contribution in [0.2, 0.25) is 0 Å². The molecule has 3 nitrogen and oxygen atoms in total. The molecule has 1 fully saturated rings. The predicted molar refractivity (Wildman–Crippen MR) is 74.4 cm³/mol. The van der Waals surface area contributed by atoms with Gasteiger partial charge in [0.1, 0.15) is 0 Å². The molecule has 1 aliphatic rings. The highest BCUT2D eigenvalue weighted by Gasteiger charge is 2.36. The average Bonchev–Trinajstić information content (AvgIpc) is 2.13. The normalized spacial score (nSPS) is 18.8. The van der Waals surface area contributed by atoms with Gasteiger partial charge in [-0.2, -0.15) is 0 Å². The van der Waals surface area contributed by atoms with Crippen LogP contribution in [0.5, 0.6) is 0 Å². The minimum absolute atomic E-state index is 0.272. The van der Waals surface area contributed by atoms with Crippen LogP contribution in [0.15, 0.2) is 32.0 Å². The van der Waals surface area contributed by atoms with Crippen molar-refractivity contribution in [2.75, 3.05) is 0 Å². The van der Waals surface area contributed by atoms with Gasteiger partial charge in [0.15, 0.2) is 0 Å². The Kier molecular flexibility index (Phi) is 3.69. The van der Waals surface area contributed by atoms with Gasteiger partial charge in [-0.1, -0.05) is 15.9 Å². The van der Waals surface area contributed by atoms with Gasteiger partial charge in [-0.15, -0.1) is 0 Å². The molecule has 0 aromatic heterocycles. The molecule has 0 atom stereocenters. The quantitative estimate of drug-likeness (QED) is 0.870. The van der Waals surface area contributed by atoms with E-state index in [-0.39, 0.29) is 10.4 Å². The maximum Gasteiger partial charge on any atom is 0.242 e. The molecule has 0 bridgehead atoms. The second kappa shape index (κ2) is 4.64. The Morgan fingerprint density at radius 2 is 1.94 bits per heavy atom. The second-order valence-corrected chi connectivity index (χ2v) is 8.02. The van der Waals surface area contributed by atoms with Crippen LogP contribution >= 0.6 is 31.9 Å². The third-order valence-corrected chi connectivity index (χ3v) is 6.13. The van der Waals surface area contributed by atoms with Gasteiger partial charge in [0.05, 0.1) is 4.90 Å². The van der Waals surface area contributed by atoms with Gasteiger partial charge in [-0.05, 0) is 60.3 Å². The minimum atomic E-state index is -3.44. The first kappa shape index (κ1) is 13.5. The van der Waals surface area contributed by atoms with Crippen molar-refractivity contribution in [1.29, 1.82) is 0 Å². The van der Waals surface area contributed by atoms with E-state index in [0.29, 0.717) is 4.47 Å². The molecule has 0 spiro atoms. The van der Waals surface area contributed by atoms with Gasteiger partial charge in [-0.3, -0.25) is 0 Å². The first-order valence-corrected chi connectivity index (χ1v) is 8.38. The van der Waals surface area contributed by atoms with Crippen molar-refractivity contribution in [3.8, 4) is 0 Å². The lowest BCUT2D eigenvalue weighted by Gasteiger charge is -2.38. The highest BCUT2D eigenvalue weighted by atomic mass is 79.9. The molecule has 2 rings (SSSR count). The molecule has 0 aliphatic heterocycles. The van der Waals surface area contributed by atoms with E-state index in [1.807, 2.05) is 6.92 Å². The summed E-state index contributed by atoms with van der Waals surface area (Å²) < 4.78 is 28.6. The van der Waals surface area contributed by atoms with E-state index in [4.69, 9.17) is 0 Å². The zero-order valence-electron chi connectivity index (χ0n) is 9.33. The standard InChI is InChI=1S/C11H13Br2NO2S/c1-11(5-2-6-11)14-17(15,16)10-4-3-8(12)7-9(10)13/h3-4,7,14H,2,5-6H2,1H3. The van der Waals surface area contributed by atoms with Crippen LogP contribution in [0.25, 0.3) is 0 Å². The molecule has 0 saturated heterocycles. The summed E-state index contributed by atoms with van der Waals surface area (Å²) in [6.45, 7) is 1.95. The van der Waals surface area contributed by atoms with E-state index < -0.39 is 10.0 Å². The van der Waals surface area contributed by atoms with E-state index in [1.165, 1.54) is 0 Å². The lowest BCUT2D eigenvalue weighted by Crippen LogP contribution is -2.50. The average molecular weight is 383 g/mol. The molecule has 0 amide bonds. The van der Waals surface area contributed by atoms with Crippen molar-refractivity contribution in [2.45, 2.75) is 36.6 Å². The van der Waals surface area contributed by atoms with Gasteiger partial charge < -0.3 is 0 Å². The largest absolute Gasteiger partial charge is 0.242 e. The van der Waals surface area contributed by atoms with Crippen LogP contribution in [-0.2, 0) is 10.0 Å². The van der Waals surface area contributed by atoms with Crippen LogP contribution in [0.3, 0.4) is 0 Å². The Labute approximate surface area is 118 Å². The number of rotatable bonds is 3. The number of halogens is 2. The SMILES string of the molecule is CC1(NS(=O)(=O)c2ccc(Br)cc2Br)CCC1. The number of nitrogens with one attached hydrogen (secondary N) is 1. The summed E-state index contributed by atoms with van der Waals surface area (Å²) in [5.74, 6) is 0. The number of sulfonamides is 1. The second-order valence-electron chi connectivity index (χ2n) is 4.59. The molecule has 0 heterocycles. The Balaban J connectivity index is 2.31. The molecule has 1 N–H and O–H groups in total. The first-order chi connectivity index (χ1) is 7.82. The fraction of sp³-hybridized carbons (Fsp3) is 0.455. The van der Waals surface area contributed by atoms with E-state index in [2.05, 4.69) is 36.6 Å². The van der Waals surface area contributed by atoms with Gasteiger partial charge in [-0.25, -0.2) is 13.1 Å². The van der Waals surface area contributed by atoms with Crippen molar-refractivity contribution in [3.05, 3.63) is 27.1 Å². The van der Waals surface area contributed by atoms with Gasteiger partial charge >= 0.3 is 0 Å². The molecular formula is C11H13Br2NO2S. The third kappa shape index (κ3) is 2.92. The highest BCUT2D eigenvalue weighted by molar-refractivity contribution is 9.11. The molecule has 1 aromatic carbocycles. The van der Waals surface area contributed by atoms with Crippen LogP contribution in [0.4, 0.5) is 0 Å². The summed E-state index contributed by atoms with van der Waals surface area (Å²) in [5.41, 5.74) is -0.272. The summed E-state index contributed by atoms with van der Waals surface area (Å²) >= 11 is 6.59. The number of benzene rings is 1. The van der Waals surface area contributed by atoms with Gasteiger partial charge in [0.2, 0.25) is 10.0 Å². The minimum Gasteiger partial charge on any atom is -0.207 e. The van der Waals surface area contributed by atoms with Crippen LogP contribution in [0.1, 0.15) is 26.2 Å². The fourth-order valence-electron chi connectivity index (χ4n) is 1.88. The molecular weight excluding hydrogens is 370 g/mol. The van der Waals surface area contributed by atoms with E-state index >= 15 is 0 Å². The van der Waals surface area contributed by atoms with E-state index in [0.717, 1.165) is 23.7 Å². The van der Waals surface area contributed by atoms with Gasteiger partial charge in [0.25, 0.3) is 0 Å². The van der Waals surface area contributed by atoms with E-state index in [9.17, 15) is 8.42 Å². The van der Waals surface area contributed by atoms with Crippen LogP contribution in [-0.4, -0.2) is 14.0 Å². The van der Waals surface area contributed by atoms with Crippen molar-refractivity contribution in [3.63, 3.8) is 0 Å². The molecule has 17 heavy (non-hydrogen) atoms. The smallest absolute Gasteiger partial charge is 0.207 e. The predicted octanol–water partition coefficient (Wildman–Crippen LogP) is 3.43. The maximum absolute atomic E-state index is 12.2. The molecule has 1 saturated carbocycles. The van der Waals surface area contributed by atoms with Crippen molar-refractivity contribution in [2.24, 2.45) is 0 Å². The first-order valence-electron chi connectivity index (χ1n) is 5.31. The summed E-state index contributed by atoms with van der Waals surface area (Å²) in [6.07, 6.45) is 2.89. The molecule has 6 heteroatoms. The number of hydrogen-bond acceptors (Lipinski definition) is 2. The van der Waals surface area contributed by atoms with Crippen molar-refractivity contribution >= 4 is 41.9 Å². The molecule has 1 aromatic rings. The topological polar surface area (TPSA) is 46.2 Å². The zero-order chi connectivity index (χ0) is 12.7. The van der Waals surface area contributed by atoms with Crippen LogP contribution < -0.4 is 4.72 Å². The highest BCUT2D eigenvalue weighted by Crippen LogP contribution is 2.34. The Morgan fingerprint density at radius 1 is 1.29 bits per heavy atom. The van der Waals surface area contributed by atoms with E-state index in [1.54, 1.807) is 18.2 Å². The zero-order valence-corrected chi connectivity index (χ0v) is 13.3. The molecule has 0 unspecified atom stereocenters. The summed E-state index contributed by atoms with van der Waals surface area (Å²) in [5, 5.41) is 0. The Morgan fingerprint density at radius 3 is 2.41 bits per heavy atom. The monoisotopic (exact) mass is 381 g/mol. The Hall–Kier alpha value is 0.0900. The summed E-state index contributed by atoms with van der Waals surface area (Å²) in [6, 6.07) is 5.05.